The molecule has 6 nitrogen and oxygen atoms in total. The van der Waals surface area contributed by atoms with Gasteiger partial charge in [-0.3, -0.25) is 9.69 Å². The molecule has 1 N–H and O–H groups in total. The maximum Gasteiger partial charge on any atom is 0.451 e. The Hall–Kier alpha value is -2.69. The van der Waals surface area contributed by atoms with Gasteiger partial charge in [-0.1, -0.05) is 60.3 Å². The van der Waals surface area contributed by atoms with E-state index in [0.29, 0.717) is 25.1 Å². The molecule has 1 aliphatic rings. The fourth-order valence-corrected chi connectivity index (χ4v) is 4.44. The molecule has 0 saturated carbocycles. The van der Waals surface area contributed by atoms with Gasteiger partial charge in [0.25, 0.3) is 0 Å². The molecule has 1 aromatic heterocycles. The molecule has 1 saturated heterocycles. The minimum atomic E-state index is -4.66. The summed E-state index contributed by atoms with van der Waals surface area (Å²) >= 11 is 0.963. The minimum Gasteiger partial charge on any atom is -0.374 e. The van der Waals surface area contributed by atoms with Crippen LogP contribution in [0.1, 0.15) is 11.4 Å². The van der Waals surface area contributed by atoms with Gasteiger partial charge in [0.1, 0.15) is 5.03 Å². The molecule has 1 fully saturated rings. The van der Waals surface area contributed by atoms with Crippen molar-refractivity contribution in [2.24, 2.45) is 0 Å². The fourth-order valence-electron chi connectivity index (χ4n) is 3.59. The molecule has 0 bridgehead atoms. The molecule has 0 radical (unpaired) electrons. The summed E-state index contributed by atoms with van der Waals surface area (Å²) < 4.78 is 45.2. The molecular formula is C23H23F3N4O2S. The number of carbonyl (C=O) groups is 1. The van der Waals surface area contributed by atoms with E-state index in [0.717, 1.165) is 24.9 Å². The molecule has 1 amide bonds. The summed E-state index contributed by atoms with van der Waals surface area (Å²) in [6.07, 6.45) is -4.81. The van der Waals surface area contributed by atoms with Gasteiger partial charge in [0.2, 0.25) is 11.7 Å². The van der Waals surface area contributed by atoms with Crippen LogP contribution < -0.4 is 5.32 Å². The number of benzene rings is 2. The highest BCUT2D eigenvalue weighted by Gasteiger charge is 2.35. The smallest absolute Gasteiger partial charge is 0.374 e. The molecule has 0 spiro atoms. The van der Waals surface area contributed by atoms with E-state index in [2.05, 4.69) is 32.3 Å². The number of ether oxygens (including phenoxy) is 1. The lowest BCUT2D eigenvalue weighted by atomic mass is 10.2. The Morgan fingerprint density at radius 1 is 1.12 bits per heavy atom. The third-order valence-corrected chi connectivity index (χ3v) is 6.15. The fraction of sp³-hybridized carbons (Fsp3) is 0.348. The van der Waals surface area contributed by atoms with Crippen LogP contribution in [0.25, 0.3) is 10.9 Å². The van der Waals surface area contributed by atoms with Crippen molar-refractivity contribution in [3.05, 3.63) is 66.0 Å². The number of morpholine rings is 1. The van der Waals surface area contributed by atoms with E-state index >= 15 is 0 Å². The predicted molar refractivity (Wildman–Crippen MR) is 120 cm³/mol. The summed E-state index contributed by atoms with van der Waals surface area (Å²) in [6, 6.07) is 16.6. The van der Waals surface area contributed by atoms with Gasteiger partial charge < -0.3 is 10.1 Å². The molecule has 33 heavy (non-hydrogen) atoms. The Kier molecular flexibility index (Phi) is 7.46. The van der Waals surface area contributed by atoms with Gasteiger partial charge in [-0.25, -0.2) is 9.97 Å². The lowest BCUT2D eigenvalue weighted by Gasteiger charge is -2.33. The van der Waals surface area contributed by atoms with Crippen molar-refractivity contribution >= 4 is 28.6 Å². The first kappa shape index (κ1) is 23.5. The van der Waals surface area contributed by atoms with Crippen molar-refractivity contribution in [1.29, 1.82) is 0 Å². The lowest BCUT2D eigenvalue weighted by Crippen LogP contribution is -2.47. The van der Waals surface area contributed by atoms with Crippen LogP contribution in [0.2, 0.25) is 0 Å². The normalized spacial score (nSPS) is 17.2. The largest absolute Gasteiger partial charge is 0.451 e. The number of thioether (sulfide) groups is 1. The summed E-state index contributed by atoms with van der Waals surface area (Å²) in [6.45, 7) is 3.23. The molecule has 2 aromatic carbocycles. The molecule has 2 heterocycles. The molecule has 0 aliphatic carbocycles. The number of fused-ring (bicyclic) bond motifs is 1. The second kappa shape index (κ2) is 10.5. The summed E-state index contributed by atoms with van der Waals surface area (Å²) in [5.74, 6) is -1.56. The molecular weight excluding hydrogens is 453 g/mol. The predicted octanol–water partition coefficient (Wildman–Crippen LogP) is 3.76. The van der Waals surface area contributed by atoms with Gasteiger partial charge in [0.15, 0.2) is 0 Å². The highest BCUT2D eigenvalue weighted by Crippen LogP contribution is 2.31. The van der Waals surface area contributed by atoms with E-state index in [1.54, 1.807) is 18.2 Å². The quantitative estimate of drug-likeness (QED) is 0.414. The first-order valence-corrected chi connectivity index (χ1v) is 11.5. The molecule has 3 aromatic rings. The van der Waals surface area contributed by atoms with Gasteiger partial charge >= 0.3 is 6.18 Å². The zero-order valence-electron chi connectivity index (χ0n) is 17.7. The molecule has 1 atom stereocenters. The Morgan fingerprint density at radius 2 is 1.88 bits per heavy atom. The van der Waals surface area contributed by atoms with Crippen molar-refractivity contribution in [3.8, 4) is 0 Å². The lowest BCUT2D eigenvalue weighted by molar-refractivity contribution is -0.145. The Bertz CT molecular complexity index is 1100. The van der Waals surface area contributed by atoms with Gasteiger partial charge in [-0.2, -0.15) is 13.2 Å². The van der Waals surface area contributed by atoms with Crippen molar-refractivity contribution in [2.45, 2.75) is 23.9 Å². The van der Waals surface area contributed by atoms with Gasteiger partial charge in [-0.15, -0.1) is 0 Å². The van der Waals surface area contributed by atoms with Crippen molar-refractivity contribution in [1.82, 2.24) is 20.2 Å². The number of hydrogen-bond acceptors (Lipinski definition) is 6. The monoisotopic (exact) mass is 476 g/mol. The molecule has 1 unspecified atom stereocenters. The summed E-state index contributed by atoms with van der Waals surface area (Å²) in [5.41, 5.74) is 1.41. The standard InChI is InChI=1S/C23H23F3N4O2S/c24-23(25,26)22-28-19-9-5-4-8-18(19)21(29-22)33-15-20(31)27-12-17-14-30(10-11-32-17)13-16-6-2-1-3-7-16/h1-9,17H,10-15H2,(H,27,31). The zero-order valence-corrected chi connectivity index (χ0v) is 18.5. The van der Waals surface area contributed by atoms with Crippen LogP contribution in [-0.4, -0.2) is 58.9 Å². The van der Waals surface area contributed by atoms with Gasteiger partial charge in [0.05, 0.1) is 24.0 Å². The summed E-state index contributed by atoms with van der Waals surface area (Å²) in [4.78, 5) is 21.9. The van der Waals surface area contributed by atoms with Crippen LogP contribution in [0.5, 0.6) is 0 Å². The maximum atomic E-state index is 13.2. The maximum absolute atomic E-state index is 13.2. The Morgan fingerprint density at radius 3 is 2.67 bits per heavy atom. The molecule has 174 valence electrons. The van der Waals surface area contributed by atoms with Crippen LogP contribution in [0.3, 0.4) is 0 Å². The topological polar surface area (TPSA) is 67.4 Å². The third kappa shape index (κ3) is 6.43. The van der Waals surface area contributed by atoms with Crippen LogP contribution >= 0.6 is 11.8 Å². The number of rotatable bonds is 7. The van der Waals surface area contributed by atoms with E-state index in [-0.39, 0.29) is 28.3 Å². The van der Waals surface area contributed by atoms with Crippen molar-refractivity contribution in [3.63, 3.8) is 0 Å². The Balaban J connectivity index is 1.31. The second-order valence-electron chi connectivity index (χ2n) is 7.67. The number of para-hydroxylation sites is 1. The number of alkyl halides is 3. The number of nitrogens with zero attached hydrogens (tertiary/aromatic N) is 3. The average Bonchev–Trinajstić information content (AvgIpc) is 2.81. The minimum absolute atomic E-state index is 0.0568. The SMILES string of the molecule is O=C(CSc1nc(C(F)(F)F)nc2ccccc12)NCC1CN(Cc2ccccc2)CCO1. The van der Waals surface area contributed by atoms with Gasteiger partial charge in [-0.05, 0) is 11.6 Å². The summed E-state index contributed by atoms with van der Waals surface area (Å²) in [5, 5.41) is 3.44. The summed E-state index contributed by atoms with van der Waals surface area (Å²) in [7, 11) is 0. The van der Waals surface area contributed by atoms with E-state index in [9.17, 15) is 18.0 Å². The number of aromatic nitrogens is 2. The molecule has 1 aliphatic heterocycles. The highest BCUT2D eigenvalue weighted by atomic mass is 32.2. The van der Waals surface area contributed by atoms with E-state index in [4.69, 9.17) is 4.74 Å². The van der Waals surface area contributed by atoms with Gasteiger partial charge in [0, 0.05) is 31.6 Å². The first-order chi connectivity index (χ1) is 15.9. The number of hydrogen-bond donors (Lipinski definition) is 1. The number of nitrogens with one attached hydrogen (secondary N) is 1. The highest BCUT2D eigenvalue weighted by molar-refractivity contribution is 8.00. The number of halogens is 3. The zero-order chi connectivity index (χ0) is 23.3. The van der Waals surface area contributed by atoms with E-state index < -0.39 is 12.0 Å². The third-order valence-electron chi connectivity index (χ3n) is 5.16. The van der Waals surface area contributed by atoms with E-state index in [1.807, 2.05) is 18.2 Å². The average molecular weight is 477 g/mol. The van der Waals surface area contributed by atoms with E-state index in [1.165, 1.54) is 11.6 Å². The number of amides is 1. The number of carbonyl (C=O) groups excluding carboxylic acids is 1. The Labute approximate surface area is 193 Å². The molecule has 4 rings (SSSR count). The van der Waals surface area contributed by atoms with Crippen molar-refractivity contribution < 1.29 is 22.7 Å². The van der Waals surface area contributed by atoms with Crippen LogP contribution in [0, 0.1) is 0 Å². The second-order valence-corrected chi connectivity index (χ2v) is 8.64. The van der Waals surface area contributed by atoms with Crippen molar-refractivity contribution in [2.75, 3.05) is 32.0 Å². The first-order valence-electron chi connectivity index (χ1n) is 10.5. The molecule has 10 heteroatoms. The van der Waals surface area contributed by atoms with Crippen LogP contribution in [0.15, 0.2) is 59.6 Å². The van der Waals surface area contributed by atoms with Crippen LogP contribution in [-0.2, 0) is 22.3 Å². The van der Waals surface area contributed by atoms with Crippen LogP contribution in [0.4, 0.5) is 13.2 Å².